The van der Waals surface area contributed by atoms with Gasteiger partial charge in [0.15, 0.2) is 5.78 Å². The Kier molecular flexibility index (Phi) is 10.8. The van der Waals surface area contributed by atoms with Gasteiger partial charge in [0.05, 0.1) is 11.1 Å². The fourth-order valence-electron chi connectivity index (χ4n) is 4.29. The molecule has 0 fully saturated rings. The number of aromatic nitrogens is 1. The van der Waals surface area contributed by atoms with Crippen LogP contribution < -0.4 is 0 Å². The third-order valence-corrected chi connectivity index (χ3v) is 5.65. The first-order valence-electron chi connectivity index (χ1n) is 12.0. The zero-order chi connectivity index (χ0) is 25.5. The van der Waals surface area contributed by atoms with Crippen LogP contribution in [-0.2, 0) is 31.3 Å². The van der Waals surface area contributed by atoms with Gasteiger partial charge in [-0.3, -0.25) is 9.78 Å². The van der Waals surface area contributed by atoms with E-state index in [1.807, 2.05) is 18.2 Å². The summed E-state index contributed by atoms with van der Waals surface area (Å²) in [5.74, 6) is 0.600. The number of Topliss-reactive ketones (excluding diaryl/α,β-unsaturated/α-hetero) is 1. The molecule has 4 rings (SSSR count). The summed E-state index contributed by atoms with van der Waals surface area (Å²) >= 11 is 0. The van der Waals surface area contributed by atoms with Crippen LogP contribution in [0.2, 0.25) is 0 Å². The maximum atomic E-state index is 11.2. The summed E-state index contributed by atoms with van der Waals surface area (Å²) in [6.45, 7) is 11.7. The van der Waals surface area contributed by atoms with Gasteiger partial charge in [0, 0.05) is 25.5 Å². The summed E-state index contributed by atoms with van der Waals surface area (Å²) in [6, 6.07) is 27.6. The summed E-state index contributed by atoms with van der Waals surface area (Å²) in [5, 5.41) is 10.6. The number of benzene rings is 3. The van der Waals surface area contributed by atoms with Crippen LogP contribution in [0.15, 0.2) is 78.6 Å². The smallest absolute Gasteiger partial charge is 0.163 e. The van der Waals surface area contributed by atoms with E-state index in [1.54, 1.807) is 12.1 Å². The van der Waals surface area contributed by atoms with Crippen molar-refractivity contribution in [3.63, 3.8) is 0 Å². The van der Waals surface area contributed by atoms with Crippen LogP contribution in [0.25, 0.3) is 27.7 Å². The molecule has 36 heavy (non-hydrogen) atoms. The van der Waals surface area contributed by atoms with Crippen molar-refractivity contribution in [3.05, 3.63) is 107 Å². The molecule has 4 aromatic rings. The molecule has 0 aliphatic rings. The zero-order valence-electron chi connectivity index (χ0n) is 21.8. The molecular weight excluding hydrogens is 623 g/mol. The van der Waals surface area contributed by atoms with E-state index in [9.17, 15) is 9.90 Å². The first kappa shape index (κ1) is 29.2. The molecule has 0 amide bonds. The molecule has 0 unspecified atom stereocenters. The number of nitrogens with zero attached hydrogens (tertiary/aromatic N) is 1. The Labute approximate surface area is 228 Å². The minimum Gasteiger partial charge on any atom is -0.512 e. The standard InChI is InChI=1S/C21H22N.C11H12O2.Ir/c1-14(2)10-17-6-5-7-21-19(17)8-9-20(22-21)18-12-15(3)11-16(4)13-18;1-8(12)11(9(2)13)10-6-4-3-5-7-10;/h5-9,11-12,14H,10H2,1-4H3;3-7,12H,1-2H3;/q-1;;/b;11-8+;. The van der Waals surface area contributed by atoms with Crippen molar-refractivity contribution in [1.82, 2.24) is 4.98 Å². The van der Waals surface area contributed by atoms with E-state index < -0.39 is 0 Å². The SMILES string of the molecule is CC(=O)/C(=C(/C)O)c1ccccc1.Cc1[c-]c(-c2ccc3c(CC(C)C)cccc3n2)cc(C)c1.[Ir]. The van der Waals surface area contributed by atoms with Crippen LogP contribution in [0, 0.1) is 25.8 Å². The van der Waals surface area contributed by atoms with Gasteiger partial charge in [-0.25, -0.2) is 0 Å². The molecular formula is C32H34IrNO2-. The van der Waals surface area contributed by atoms with Crippen LogP contribution in [0.3, 0.4) is 0 Å². The van der Waals surface area contributed by atoms with Crippen LogP contribution in [0.4, 0.5) is 0 Å². The zero-order valence-corrected chi connectivity index (χ0v) is 24.2. The Bertz CT molecular complexity index is 1330. The molecule has 4 heteroatoms. The van der Waals surface area contributed by atoms with Crippen molar-refractivity contribution in [2.75, 3.05) is 0 Å². The van der Waals surface area contributed by atoms with Crippen molar-refractivity contribution < 1.29 is 30.0 Å². The third kappa shape index (κ3) is 7.71. The van der Waals surface area contributed by atoms with E-state index in [4.69, 9.17) is 4.98 Å². The molecule has 1 radical (unpaired) electrons. The quantitative estimate of drug-likeness (QED) is 0.134. The molecule has 1 N–H and O–H groups in total. The molecule has 3 nitrogen and oxygen atoms in total. The van der Waals surface area contributed by atoms with Crippen molar-refractivity contribution in [2.24, 2.45) is 5.92 Å². The Morgan fingerprint density at radius 3 is 2.22 bits per heavy atom. The van der Waals surface area contributed by atoms with Crippen LogP contribution >= 0.6 is 0 Å². The number of hydrogen-bond donors (Lipinski definition) is 1. The van der Waals surface area contributed by atoms with Gasteiger partial charge in [0.2, 0.25) is 0 Å². The fraction of sp³-hybridized carbons (Fsp3) is 0.250. The predicted molar refractivity (Wildman–Crippen MR) is 146 cm³/mol. The van der Waals surface area contributed by atoms with Gasteiger partial charge in [-0.2, -0.15) is 0 Å². The predicted octanol–water partition coefficient (Wildman–Crippen LogP) is 8.08. The van der Waals surface area contributed by atoms with Gasteiger partial charge in [-0.15, -0.1) is 34.9 Å². The van der Waals surface area contributed by atoms with Gasteiger partial charge in [-0.1, -0.05) is 82.3 Å². The number of aliphatic hydroxyl groups is 1. The van der Waals surface area contributed by atoms with E-state index in [1.165, 1.54) is 30.4 Å². The van der Waals surface area contributed by atoms with Crippen molar-refractivity contribution in [3.8, 4) is 11.3 Å². The molecule has 1 heterocycles. The Hall–Kier alpha value is -3.07. The van der Waals surface area contributed by atoms with Gasteiger partial charge in [0.25, 0.3) is 0 Å². The van der Waals surface area contributed by atoms with Crippen molar-refractivity contribution >= 4 is 22.3 Å². The van der Waals surface area contributed by atoms with Crippen LogP contribution in [-0.4, -0.2) is 15.9 Å². The maximum absolute atomic E-state index is 11.2. The minimum atomic E-state index is -0.119. The topological polar surface area (TPSA) is 50.2 Å². The third-order valence-electron chi connectivity index (χ3n) is 5.65. The minimum absolute atomic E-state index is 0. The molecule has 3 aromatic carbocycles. The molecule has 1 aromatic heterocycles. The molecule has 0 bridgehead atoms. The van der Waals surface area contributed by atoms with E-state index in [0.29, 0.717) is 11.5 Å². The molecule has 0 spiro atoms. The second kappa shape index (κ2) is 13.3. The molecule has 0 aliphatic carbocycles. The molecule has 0 saturated carbocycles. The monoisotopic (exact) mass is 657 g/mol. The van der Waals surface area contributed by atoms with E-state index >= 15 is 0 Å². The fourth-order valence-corrected chi connectivity index (χ4v) is 4.29. The molecule has 0 aliphatic heterocycles. The summed E-state index contributed by atoms with van der Waals surface area (Å²) in [6.07, 6.45) is 1.09. The average molecular weight is 657 g/mol. The maximum Gasteiger partial charge on any atom is 0.163 e. The van der Waals surface area contributed by atoms with Crippen molar-refractivity contribution in [2.45, 2.75) is 48.0 Å². The summed E-state index contributed by atoms with van der Waals surface area (Å²) in [7, 11) is 0. The van der Waals surface area contributed by atoms with Gasteiger partial charge in [0.1, 0.15) is 5.76 Å². The second-order valence-electron chi connectivity index (χ2n) is 9.42. The summed E-state index contributed by atoms with van der Waals surface area (Å²) in [4.78, 5) is 16.0. The average Bonchev–Trinajstić information content (AvgIpc) is 2.79. The van der Waals surface area contributed by atoms with Gasteiger partial charge >= 0.3 is 0 Å². The summed E-state index contributed by atoms with van der Waals surface area (Å²) < 4.78 is 0. The number of fused-ring (bicyclic) bond motifs is 1. The normalized spacial score (nSPS) is 11.3. The Morgan fingerprint density at radius 1 is 0.944 bits per heavy atom. The summed E-state index contributed by atoms with van der Waals surface area (Å²) in [5.41, 5.74) is 8.09. The largest absolute Gasteiger partial charge is 0.512 e. The molecule has 0 saturated heterocycles. The van der Waals surface area contributed by atoms with E-state index in [-0.39, 0.29) is 31.6 Å². The Balaban J connectivity index is 0.000000281. The number of carbonyl (C=O) groups is 1. The number of pyridine rings is 1. The number of aliphatic hydroxyl groups excluding tert-OH is 1. The van der Waals surface area contributed by atoms with Crippen LogP contribution in [0.1, 0.15) is 49.9 Å². The van der Waals surface area contributed by atoms with Gasteiger partial charge < -0.3 is 5.11 Å². The Morgan fingerprint density at radius 2 is 1.64 bits per heavy atom. The molecule has 189 valence electrons. The van der Waals surface area contributed by atoms with E-state index in [0.717, 1.165) is 34.3 Å². The second-order valence-corrected chi connectivity index (χ2v) is 9.42. The first-order chi connectivity index (χ1) is 16.7. The number of rotatable bonds is 5. The number of ketones is 1. The van der Waals surface area contributed by atoms with Crippen LogP contribution in [0.5, 0.6) is 0 Å². The van der Waals surface area contributed by atoms with E-state index in [2.05, 4.69) is 76.2 Å². The number of hydrogen-bond acceptors (Lipinski definition) is 3. The first-order valence-corrected chi connectivity index (χ1v) is 12.0. The molecule has 0 atom stereocenters. The van der Waals surface area contributed by atoms with Gasteiger partial charge in [-0.05, 0) is 49.1 Å². The number of aryl methyl sites for hydroxylation is 2. The number of carbonyl (C=O) groups excluding carboxylic acids is 1. The van der Waals surface area contributed by atoms with Crippen molar-refractivity contribution in [1.29, 1.82) is 0 Å². The number of allylic oxidation sites excluding steroid dienone is 2.